The minimum absolute atomic E-state index is 0.121. The zero-order chi connectivity index (χ0) is 20.3. The number of hydrogen-bond donors (Lipinski definition) is 0. The summed E-state index contributed by atoms with van der Waals surface area (Å²) in [6.45, 7) is 8.91. The van der Waals surface area contributed by atoms with Crippen molar-refractivity contribution in [2.75, 3.05) is 0 Å². The topological polar surface area (TPSA) is 17.0 Å². The molecule has 2 nitrogen and oxygen atoms in total. The van der Waals surface area contributed by atoms with Crippen LogP contribution in [0.5, 0.6) is 0 Å². The fourth-order valence-electron chi connectivity index (χ4n) is 4.34. The largest absolute Gasteiger partial charge is 0.455 e. The summed E-state index contributed by atoms with van der Waals surface area (Å²) in [5, 5.41) is 4.86. The van der Waals surface area contributed by atoms with Crippen molar-refractivity contribution in [3.05, 3.63) is 78.0 Å². The van der Waals surface area contributed by atoms with Gasteiger partial charge in [-0.1, -0.05) is 63.2 Å². The number of rotatable bonds is 1. The van der Waals surface area contributed by atoms with Crippen LogP contribution >= 0.6 is 0 Å². The summed E-state index contributed by atoms with van der Waals surface area (Å²) in [7, 11) is 2.13. The van der Waals surface area contributed by atoms with Gasteiger partial charge in [0.2, 0.25) is 5.69 Å². The Morgan fingerprint density at radius 1 is 0.828 bits per heavy atom. The van der Waals surface area contributed by atoms with Crippen LogP contribution < -0.4 is 4.57 Å². The van der Waals surface area contributed by atoms with Crippen LogP contribution in [0.1, 0.15) is 31.9 Å². The van der Waals surface area contributed by atoms with E-state index in [1.54, 1.807) is 0 Å². The van der Waals surface area contributed by atoms with Crippen molar-refractivity contribution in [3.8, 4) is 11.3 Å². The number of fused-ring (bicyclic) bond motifs is 5. The van der Waals surface area contributed by atoms with Gasteiger partial charge in [0.05, 0.1) is 5.56 Å². The normalized spacial score (nSPS) is 12.3. The minimum atomic E-state index is 0.121. The van der Waals surface area contributed by atoms with Crippen molar-refractivity contribution in [2.24, 2.45) is 7.05 Å². The SMILES string of the molecule is Cc1ccc2c(oc3ccc4ccccc4c32)c1-c1ccc(C(C)(C)C)c[n+]1C. The molecule has 3 aromatic carbocycles. The Morgan fingerprint density at radius 2 is 1.62 bits per heavy atom. The first kappa shape index (κ1) is 17.9. The Morgan fingerprint density at radius 3 is 2.38 bits per heavy atom. The zero-order valence-corrected chi connectivity index (χ0v) is 17.7. The Hall–Kier alpha value is -3.13. The molecular formula is C27H26NO+. The molecule has 0 atom stereocenters. The maximum Gasteiger partial charge on any atom is 0.216 e. The van der Waals surface area contributed by atoms with Crippen LogP contribution in [0.3, 0.4) is 0 Å². The lowest BCUT2D eigenvalue weighted by Gasteiger charge is -2.17. The highest BCUT2D eigenvalue weighted by atomic mass is 16.3. The molecule has 2 heteroatoms. The van der Waals surface area contributed by atoms with Crippen LogP contribution in [-0.2, 0) is 12.5 Å². The van der Waals surface area contributed by atoms with E-state index < -0.39 is 0 Å². The molecule has 0 aliphatic carbocycles. The standard InChI is InChI=1S/C27H26NO/c1-17-10-13-21-25-20-9-7-6-8-18(20)11-15-23(25)29-26(21)24(17)22-14-12-19(16-28(22)5)27(2,3)4/h6-16H,1-5H3/q+1. The number of furan rings is 1. The summed E-state index contributed by atoms with van der Waals surface area (Å²) in [6, 6.07) is 21.7. The molecule has 0 unspecified atom stereocenters. The summed E-state index contributed by atoms with van der Waals surface area (Å²) < 4.78 is 8.70. The van der Waals surface area contributed by atoms with Crippen LogP contribution in [0.4, 0.5) is 0 Å². The van der Waals surface area contributed by atoms with Crippen molar-refractivity contribution >= 4 is 32.7 Å². The third-order valence-corrected chi connectivity index (χ3v) is 5.99. The van der Waals surface area contributed by atoms with Crippen molar-refractivity contribution in [1.82, 2.24) is 0 Å². The van der Waals surface area contributed by atoms with Crippen LogP contribution in [-0.4, -0.2) is 0 Å². The van der Waals surface area contributed by atoms with Gasteiger partial charge in [-0.05, 0) is 40.8 Å². The maximum absolute atomic E-state index is 6.47. The molecule has 0 aliphatic rings. The zero-order valence-electron chi connectivity index (χ0n) is 17.7. The number of aryl methyl sites for hydroxylation is 2. The lowest BCUT2D eigenvalue weighted by Crippen LogP contribution is -2.33. The summed E-state index contributed by atoms with van der Waals surface area (Å²) in [5.74, 6) is 0. The maximum atomic E-state index is 6.47. The number of benzene rings is 3. The molecule has 5 aromatic rings. The van der Waals surface area contributed by atoms with E-state index in [4.69, 9.17) is 4.42 Å². The molecule has 0 saturated heterocycles. The smallest absolute Gasteiger partial charge is 0.216 e. The predicted octanol–water partition coefficient (Wildman–Crippen LogP) is 6.84. The second-order valence-electron chi connectivity index (χ2n) is 9.06. The molecule has 144 valence electrons. The van der Waals surface area contributed by atoms with E-state index in [0.29, 0.717) is 0 Å². The van der Waals surface area contributed by atoms with Gasteiger partial charge in [0.1, 0.15) is 18.2 Å². The van der Waals surface area contributed by atoms with Crippen LogP contribution in [0.15, 0.2) is 71.3 Å². The van der Waals surface area contributed by atoms with E-state index >= 15 is 0 Å². The average molecular weight is 381 g/mol. The molecule has 0 fully saturated rings. The van der Waals surface area contributed by atoms with Crippen molar-refractivity contribution in [1.29, 1.82) is 0 Å². The summed E-state index contributed by atoms with van der Waals surface area (Å²) >= 11 is 0. The molecular weight excluding hydrogens is 354 g/mol. The van der Waals surface area contributed by atoms with Gasteiger partial charge in [-0.25, -0.2) is 4.57 Å². The van der Waals surface area contributed by atoms with Gasteiger partial charge in [-0.15, -0.1) is 0 Å². The minimum Gasteiger partial charge on any atom is -0.455 e. The fourth-order valence-corrected chi connectivity index (χ4v) is 4.34. The monoisotopic (exact) mass is 380 g/mol. The summed E-state index contributed by atoms with van der Waals surface area (Å²) in [4.78, 5) is 0. The average Bonchev–Trinajstić information content (AvgIpc) is 3.06. The fraction of sp³-hybridized carbons (Fsp3) is 0.222. The van der Waals surface area contributed by atoms with Crippen LogP contribution in [0, 0.1) is 6.92 Å². The van der Waals surface area contributed by atoms with E-state index in [9.17, 15) is 0 Å². The second kappa shape index (κ2) is 6.18. The van der Waals surface area contributed by atoms with E-state index in [-0.39, 0.29) is 5.41 Å². The second-order valence-corrected chi connectivity index (χ2v) is 9.06. The van der Waals surface area contributed by atoms with E-state index in [2.05, 4.69) is 106 Å². The molecule has 0 spiro atoms. The Bertz CT molecular complexity index is 1400. The summed E-state index contributed by atoms with van der Waals surface area (Å²) in [5.41, 5.74) is 6.92. The highest BCUT2D eigenvalue weighted by molar-refractivity contribution is 6.20. The Balaban J connectivity index is 1.85. The first-order valence-electron chi connectivity index (χ1n) is 10.2. The first-order valence-corrected chi connectivity index (χ1v) is 10.2. The first-order chi connectivity index (χ1) is 13.8. The molecule has 0 amide bonds. The summed E-state index contributed by atoms with van der Waals surface area (Å²) in [6.07, 6.45) is 2.24. The molecule has 0 aliphatic heterocycles. The number of aromatic nitrogens is 1. The number of hydrogen-bond acceptors (Lipinski definition) is 1. The third kappa shape index (κ3) is 2.74. The molecule has 2 aromatic heterocycles. The van der Waals surface area contributed by atoms with Crippen molar-refractivity contribution in [3.63, 3.8) is 0 Å². The van der Waals surface area contributed by atoms with Gasteiger partial charge in [-0.3, -0.25) is 0 Å². The lowest BCUT2D eigenvalue weighted by molar-refractivity contribution is -0.661. The third-order valence-electron chi connectivity index (χ3n) is 5.99. The van der Waals surface area contributed by atoms with E-state index in [0.717, 1.165) is 11.2 Å². The lowest BCUT2D eigenvalue weighted by atomic mass is 9.87. The van der Waals surface area contributed by atoms with Gasteiger partial charge >= 0.3 is 0 Å². The molecule has 0 saturated carbocycles. The van der Waals surface area contributed by atoms with Gasteiger partial charge in [0.25, 0.3) is 0 Å². The van der Waals surface area contributed by atoms with Crippen molar-refractivity contribution < 1.29 is 8.98 Å². The highest BCUT2D eigenvalue weighted by Gasteiger charge is 2.24. The van der Waals surface area contributed by atoms with Crippen LogP contribution in [0.2, 0.25) is 0 Å². The molecule has 5 rings (SSSR count). The Labute approximate surface area is 171 Å². The van der Waals surface area contributed by atoms with Crippen LogP contribution in [0.25, 0.3) is 44.0 Å². The molecule has 0 radical (unpaired) electrons. The number of pyridine rings is 1. The van der Waals surface area contributed by atoms with E-state index in [1.165, 1.54) is 43.9 Å². The van der Waals surface area contributed by atoms with Crippen molar-refractivity contribution in [2.45, 2.75) is 33.1 Å². The highest BCUT2D eigenvalue weighted by Crippen LogP contribution is 2.40. The van der Waals surface area contributed by atoms with Gasteiger partial charge in [-0.2, -0.15) is 0 Å². The Kier molecular flexibility index (Phi) is 3.82. The van der Waals surface area contributed by atoms with Gasteiger partial charge in [0, 0.05) is 22.4 Å². The predicted molar refractivity (Wildman–Crippen MR) is 121 cm³/mol. The molecule has 0 bridgehead atoms. The van der Waals surface area contributed by atoms with Gasteiger partial charge in [0.15, 0.2) is 6.20 Å². The quantitative estimate of drug-likeness (QED) is 0.291. The molecule has 29 heavy (non-hydrogen) atoms. The van der Waals surface area contributed by atoms with E-state index in [1.807, 2.05) is 0 Å². The molecule has 0 N–H and O–H groups in total. The molecule has 2 heterocycles. The number of nitrogens with zero attached hydrogens (tertiary/aromatic N) is 1. The van der Waals surface area contributed by atoms with Gasteiger partial charge < -0.3 is 4.42 Å².